The van der Waals surface area contributed by atoms with Crippen LogP contribution in [0.15, 0.2) is 42.5 Å². The minimum Gasteiger partial charge on any atom is -0.386 e. The fourth-order valence-corrected chi connectivity index (χ4v) is 4.24. The number of ether oxygens (including phenoxy) is 1. The Bertz CT molecular complexity index is 1290. The van der Waals surface area contributed by atoms with Crippen LogP contribution >= 0.6 is 0 Å². The third kappa shape index (κ3) is 8.52. The number of carbonyl (C=O) groups is 4. The highest BCUT2D eigenvalue weighted by atomic mass is 19.4. The molecule has 0 unspecified atom stereocenters. The highest BCUT2D eigenvalue weighted by molar-refractivity contribution is 6.09. The Balaban J connectivity index is 1.90. The lowest BCUT2D eigenvalue weighted by Crippen LogP contribution is -2.40. The Morgan fingerprint density at radius 2 is 1.66 bits per heavy atom. The largest absolute Gasteiger partial charge is 0.491 e. The number of hydrogen-bond acceptors (Lipinski definition) is 6. The Morgan fingerprint density at radius 3 is 2.32 bits per heavy atom. The lowest BCUT2D eigenvalue weighted by atomic mass is 10.0. The zero-order valence-corrected chi connectivity index (χ0v) is 21.7. The molecule has 0 saturated carbocycles. The summed E-state index contributed by atoms with van der Waals surface area (Å²) in [6, 6.07) is 9.09. The van der Waals surface area contributed by atoms with Gasteiger partial charge in [-0.2, -0.15) is 26.3 Å². The molecular formula is C27H27F6N3O5. The number of anilines is 1. The molecule has 1 aliphatic rings. The number of halogens is 6. The molecule has 41 heavy (non-hydrogen) atoms. The van der Waals surface area contributed by atoms with Crippen molar-refractivity contribution in [3.05, 3.63) is 64.7 Å². The third-order valence-electron chi connectivity index (χ3n) is 6.28. The number of benzene rings is 2. The van der Waals surface area contributed by atoms with E-state index >= 15 is 0 Å². The second-order valence-electron chi connectivity index (χ2n) is 9.36. The van der Waals surface area contributed by atoms with E-state index in [2.05, 4.69) is 4.74 Å². The molecule has 2 N–H and O–H groups in total. The van der Waals surface area contributed by atoms with E-state index in [4.69, 9.17) is 5.73 Å². The number of unbranched alkanes of at least 4 members (excludes halogenated alkanes) is 2. The van der Waals surface area contributed by atoms with Gasteiger partial charge in [0.1, 0.15) is 6.54 Å². The van der Waals surface area contributed by atoms with Gasteiger partial charge in [0.05, 0.1) is 29.8 Å². The molecule has 2 aromatic carbocycles. The van der Waals surface area contributed by atoms with Gasteiger partial charge in [-0.25, -0.2) is 4.79 Å². The van der Waals surface area contributed by atoms with E-state index in [1.807, 2.05) is 0 Å². The number of amides is 2. The predicted octanol–water partition coefficient (Wildman–Crippen LogP) is 4.39. The monoisotopic (exact) mass is 587 g/mol. The van der Waals surface area contributed by atoms with Gasteiger partial charge >= 0.3 is 24.3 Å². The van der Waals surface area contributed by atoms with Crippen molar-refractivity contribution in [2.45, 2.75) is 51.0 Å². The molecule has 0 fully saturated rings. The molecule has 2 amide bonds. The van der Waals surface area contributed by atoms with Crippen LogP contribution < -0.4 is 10.6 Å². The smallest absolute Gasteiger partial charge is 0.386 e. The summed E-state index contributed by atoms with van der Waals surface area (Å²) in [5, 5.41) is 0. The van der Waals surface area contributed by atoms with Gasteiger partial charge in [0.2, 0.25) is 5.91 Å². The van der Waals surface area contributed by atoms with Crippen LogP contribution in [0.5, 0.6) is 0 Å². The summed E-state index contributed by atoms with van der Waals surface area (Å²) in [6.45, 7) is -0.971. The Kier molecular flexibility index (Phi) is 10.1. The fourth-order valence-electron chi connectivity index (χ4n) is 4.24. The quantitative estimate of drug-likeness (QED) is 0.191. The second kappa shape index (κ2) is 13.1. The van der Waals surface area contributed by atoms with Crippen LogP contribution in [0.4, 0.5) is 32.0 Å². The molecule has 2 aromatic rings. The first kappa shape index (κ1) is 31.6. The highest BCUT2D eigenvalue weighted by Gasteiger charge is 2.42. The Morgan fingerprint density at radius 1 is 0.927 bits per heavy atom. The van der Waals surface area contributed by atoms with Crippen molar-refractivity contribution in [2.75, 3.05) is 24.5 Å². The number of carbonyl (C=O) groups excluding carboxylic acids is 4. The average molecular weight is 588 g/mol. The van der Waals surface area contributed by atoms with Gasteiger partial charge in [0.15, 0.2) is 0 Å². The van der Waals surface area contributed by atoms with Crippen LogP contribution in [0.3, 0.4) is 0 Å². The van der Waals surface area contributed by atoms with Crippen LogP contribution in [0, 0.1) is 0 Å². The molecule has 0 atom stereocenters. The molecule has 1 heterocycles. The molecule has 0 bridgehead atoms. The molecule has 0 spiro atoms. The topological polar surface area (TPSA) is 110 Å². The van der Waals surface area contributed by atoms with E-state index < -0.39 is 61.2 Å². The SMILES string of the molecule is NCCCCCc1ccc2c(c1)C(=O)N(CCC(=O)OC(=O)C(F)(F)F)CC(=O)N2Cc1cccc(C(F)(F)F)c1. The summed E-state index contributed by atoms with van der Waals surface area (Å²) >= 11 is 0. The number of hydrogen-bond donors (Lipinski definition) is 1. The number of alkyl halides is 6. The van der Waals surface area contributed by atoms with Crippen molar-refractivity contribution in [2.24, 2.45) is 5.73 Å². The van der Waals surface area contributed by atoms with E-state index in [-0.39, 0.29) is 23.4 Å². The van der Waals surface area contributed by atoms with E-state index in [0.29, 0.717) is 13.0 Å². The number of esters is 2. The molecular weight excluding hydrogens is 560 g/mol. The normalized spacial score (nSPS) is 14.1. The molecule has 0 radical (unpaired) electrons. The van der Waals surface area contributed by atoms with Gasteiger partial charge in [-0.3, -0.25) is 14.4 Å². The van der Waals surface area contributed by atoms with Crippen molar-refractivity contribution >= 4 is 29.4 Å². The van der Waals surface area contributed by atoms with Gasteiger partial charge in [0, 0.05) is 6.54 Å². The Hall–Kier alpha value is -3.94. The summed E-state index contributed by atoms with van der Waals surface area (Å²) in [5.74, 6) is -5.69. The van der Waals surface area contributed by atoms with Gasteiger partial charge in [-0.05, 0) is 61.2 Å². The summed E-state index contributed by atoms with van der Waals surface area (Å²) in [4.78, 5) is 51.6. The number of aryl methyl sites for hydroxylation is 1. The maximum Gasteiger partial charge on any atom is 0.491 e. The fraction of sp³-hybridized carbons (Fsp3) is 0.407. The number of nitrogens with two attached hydrogens (primary N) is 1. The zero-order chi connectivity index (χ0) is 30.4. The molecule has 0 saturated heterocycles. The van der Waals surface area contributed by atoms with E-state index in [1.165, 1.54) is 24.3 Å². The van der Waals surface area contributed by atoms with E-state index in [9.17, 15) is 45.5 Å². The van der Waals surface area contributed by atoms with Crippen molar-refractivity contribution < 1.29 is 50.3 Å². The molecule has 1 aliphatic heterocycles. The van der Waals surface area contributed by atoms with E-state index in [0.717, 1.165) is 46.8 Å². The zero-order valence-electron chi connectivity index (χ0n) is 21.7. The molecule has 14 heteroatoms. The van der Waals surface area contributed by atoms with Crippen LogP contribution in [0.25, 0.3) is 0 Å². The summed E-state index contributed by atoms with van der Waals surface area (Å²) < 4.78 is 80.8. The first-order valence-corrected chi connectivity index (χ1v) is 12.6. The molecule has 0 aliphatic carbocycles. The summed E-state index contributed by atoms with van der Waals surface area (Å²) in [6.07, 6.45) is -7.90. The first-order chi connectivity index (χ1) is 19.2. The van der Waals surface area contributed by atoms with Crippen LogP contribution in [0.1, 0.15) is 52.7 Å². The lowest BCUT2D eigenvalue weighted by Gasteiger charge is -2.23. The molecule has 0 aromatic heterocycles. The minimum absolute atomic E-state index is 0.0267. The van der Waals surface area contributed by atoms with Crippen LogP contribution in [0.2, 0.25) is 0 Å². The molecule has 222 valence electrons. The number of fused-ring (bicyclic) bond motifs is 1. The van der Waals surface area contributed by atoms with Crippen molar-refractivity contribution in [1.82, 2.24) is 4.90 Å². The van der Waals surface area contributed by atoms with Crippen molar-refractivity contribution in [3.8, 4) is 0 Å². The first-order valence-electron chi connectivity index (χ1n) is 12.6. The summed E-state index contributed by atoms with van der Waals surface area (Å²) in [7, 11) is 0. The minimum atomic E-state index is -5.40. The molecule has 8 nitrogen and oxygen atoms in total. The third-order valence-corrected chi connectivity index (χ3v) is 6.28. The Labute approximate surface area is 231 Å². The van der Waals surface area contributed by atoms with Crippen molar-refractivity contribution in [3.63, 3.8) is 0 Å². The van der Waals surface area contributed by atoms with Gasteiger partial charge in [-0.1, -0.05) is 24.6 Å². The van der Waals surface area contributed by atoms with Gasteiger partial charge in [0.25, 0.3) is 5.91 Å². The van der Waals surface area contributed by atoms with Crippen LogP contribution in [-0.2, 0) is 38.3 Å². The second-order valence-corrected chi connectivity index (χ2v) is 9.36. The molecule has 3 rings (SSSR count). The van der Waals surface area contributed by atoms with Crippen LogP contribution in [-0.4, -0.2) is 54.5 Å². The number of rotatable bonds is 10. The standard InChI is InChI=1S/C27H27F6N3O5/c28-26(29,30)19-7-4-6-18(13-19)15-36-21-9-8-17(5-2-1-3-11-34)14-20(21)24(39)35(16-22(36)37)12-10-23(38)41-25(40)27(31,32)33/h4,6-9,13-14H,1-3,5,10-12,15-16,34H2. The van der Waals surface area contributed by atoms with E-state index in [1.54, 1.807) is 6.07 Å². The maximum absolute atomic E-state index is 13.5. The van der Waals surface area contributed by atoms with Gasteiger partial charge in [-0.15, -0.1) is 0 Å². The lowest BCUT2D eigenvalue weighted by molar-refractivity contribution is -0.201. The summed E-state index contributed by atoms with van der Waals surface area (Å²) in [5.41, 5.74) is 5.62. The average Bonchev–Trinajstić information content (AvgIpc) is 2.99. The van der Waals surface area contributed by atoms with Crippen molar-refractivity contribution in [1.29, 1.82) is 0 Å². The predicted molar refractivity (Wildman–Crippen MR) is 133 cm³/mol. The number of nitrogens with zero attached hydrogens (tertiary/aromatic N) is 2. The van der Waals surface area contributed by atoms with Gasteiger partial charge < -0.3 is 20.3 Å². The highest BCUT2D eigenvalue weighted by Crippen LogP contribution is 2.32. The maximum atomic E-state index is 13.5.